The van der Waals surface area contributed by atoms with Gasteiger partial charge in [-0.3, -0.25) is 4.57 Å². The minimum absolute atomic E-state index is 0.401. The number of halogens is 1. The molecule has 3 aromatic rings. The van der Waals surface area contributed by atoms with Gasteiger partial charge in [-0.1, -0.05) is 53.6 Å². The minimum atomic E-state index is 0.401. The summed E-state index contributed by atoms with van der Waals surface area (Å²) in [6.45, 7) is 2.52. The highest BCUT2D eigenvalue weighted by Gasteiger charge is 2.16. The average molecular weight is 338 g/mol. The van der Waals surface area contributed by atoms with E-state index in [1.54, 1.807) is 22.8 Å². The molecule has 0 bridgehead atoms. The minimum Gasteiger partial charge on any atom is -0.437 e. The molecule has 0 saturated heterocycles. The van der Waals surface area contributed by atoms with Crippen LogP contribution in [0.15, 0.2) is 54.6 Å². The summed E-state index contributed by atoms with van der Waals surface area (Å²) < 4.78 is 7.66. The molecule has 1 heterocycles. The normalized spacial score (nSPS) is 10.4. The maximum atomic E-state index is 9.39. The lowest BCUT2D eigenvalue weighted by molar-refractivity contribution is 0.437. The molecular formula is C19H16ClN3O. The van der Waals surface area contributed by atoms with Crippen molar-refractivity contribution >= 4 is 17.3 Å². The summed E-state index contributed by atoms with van der Waals surface area (Å²) in [4.78, 5) is 0. The molecule has 0 fully saturated rings. The smallest absolute Gasteiger partial charge is 0.224 e. The highest BCUT2D eigenvalue weighted by molar-refractivity contribution is 6.32. The average Bonchev–Trinajstić information content (AvgIpc) is 2.87. The first-order valence-electron chi connectivity index (χ1n) is 7.45. The molecule has 0 atom stereocenters. The highest BCUT2D eigenvalue weighted by Crippen LogP contribution is 2.35. The molecule has 0 spiro atoms. The van der Waals surface area contributed by atoms with E-state index in [0.29, 0.717) is 34.6 Å². The Hall–Kier alpha value is -2.90. The summed E-state index contributed by atoms with van der Waals surface area (Å²) in [5.41, 5.74) is 9.13. The molecule has 24 heavy (non-hydrogen) atoms. The second-order valence-corrected chi connectivity index (χ2v) is 5.91. The molecule has 5 heteroatoms. The third-order valence-electron chi connectivity index (χ3n) is 3.69. The Morgan fingerprint density at radius 1 is 1.17 bits per heavy atom. The molecule has 0 amide bonds. The van der Waals surface area contributed by atoms with Gasteiger partial charge in [-0.2, -0.15) is 5.26 Å². The van der Waals surface area contributed by atoms with Crippen LogP contribution < -0.4 is 10.5 Å². The Balaban J connectivity index is 2.00. The zero-order valence-corrected chi connectivity index (χ0v) is 13.9. The van der Waals surface area contributed by atoms with Gasteiger partial charge in [0.05, 0.1) is 17.3 Å². The van der Waals surface area contributed by atoms with E-state index in [4.69, 9.17) is 22.1 Å². The van der Waals surface area contributed by atoms with E-state index < -0.39 is 0 Å². The second kappa shape index (κ2) is 6.69. The van der Waals surface area contributed by atoms with Gasteiger partial charge < -0.3 is 10.5 Å². The summed E-state index contributed by atoms with van der Waals surface area (Å²) in [5, 5.41) is 9.88. The van der Waals surface area contributed by atoms with Crippen LogP contribution in [0.4, 0.5) is 5.69 Å². The summed E-state index contributed by atoms with van der Waals surface area (Å²) in [7, 11) is 0. The molecular weight excluding hydrogens is 322 g/mol. The maximum Gasteiger partial charge on any atom is 0.224 e. The summed E-state index contributed by atoms with van der Waals surface area (Å²) >= 11 is 6.16. The van der Waals surface area contributed by atoms with Crippen LogP contribution in [0.25, 0.3) is 0 Å². The standard InChI is InChI=1S/C19H16ClN3O/c1-13-6-8-14(9-7-13)12-23-15(11-21)10-17(22)19(23)24-18-5-3-2-4-16(18)20/h2-10H,12,22H2,1H3. The van der Waals surface area contributed by atoms with Gasteiger partial charge in [-0.15, -0.1) is 0 Å². The zero-order chi connectivity index (χ0) is 17.1. The van der Waals surface area contributed by atoms with Gasteiger partial charge in [-0.25, -0.2) is 0 Å². The maximum absolute atomic E-state index is 9.39. The van der Waals surface area contributed by atoms with Crippen LogP contribution in [0, 0.1) is 18.3 Å². The van der Waals surface area contributed by atoms with Crippen LogP contribution in [-0.2, 0) is 6.54 Å². The van der Waals surface area contributed by atoms with Crippen molar-refractivity contribution in [2.45, 2.75) is 13.5 Å². The van der Waals surface area contributed by atoms with Crippen LogP contribution in [0.2, 0.25) is 5.02 Å². The molecule has 0 aliphatic carbocycles. The number of nitriles is 1. The summed E-state index contributed by atoms with van der Waals surface area (Å²) in [6, 6.07) is 19.0. The summed E-state index contributed by atoms with van der Waals surface area (Å²) in [5.74, 6) is 0.916. The lowest BCUT2D eigenvalue weighted by atomic mass is 10.1. The van der Waals surface area contributed by atoms with Gasteiger partial charge in [0, 0.05) is 6.07 Å². The molecule has 4 nitrogen and oxygen atoms in total. The van der Waals surface area contributed by atoms with Gasteiger partial charge in [0.2, 0.25) is 5.88 Å². The van der Waals surface area contributed by atoms with Gasteiger partial charge in [0.15, 0.2) is 0 Å². The van der Waals surface area contributed by atoms with Crippen molar-refractivity contribution in [1.82, 2.24) is 4.57 Å². The first kappa shape index (κ1) is 16.0. The molecule has 2 N–H and O–H groups in total. The third kappa shape index (κ3) is 3.22. The first-order valence-corrected chi connectivity index (χ1v) is 7.83. The van der Waals surface area contributed by atoms with Crippen molar-refractivity contribution in [2.75, 3.05) is 5.73 Å². The Bertz CT molecular complexity index is 907. The Labute approximate surface area is 145 Å². The fourth-order valence-electron chi connectivity index (χ4n) is 2.42. The number of nitrogens with zero attached hydrogens (tertiary/aromatic N) is 2. The Morgan fingerprint density at radius 3 is 2.54 bits per heavy atom. The highest BCUT2D eigenvalue weighted by atomic mass is 35.5. The van der Waals surface area contributed by atoms with E-state index in [1.165, 1.54) is 5.56 Å². The fraction of sp³-hybridized carbons (Fsp3) is 0.105. The van der Waals surface area contributed by atoms with Crippen molar-refractivity contribution in [3.05, 3.63) is 76.4 Å². The Kier molecular flexibility index (Phi) is 4.45. The molecule has 1 aromatic heterocycles. The topological polar surface area (TPSA) is 64.0 Å². The van der Waals surface area contributed by atoms with Crippen molar-refractivity contribution in [3.8, 4) is 17.7 Å². The number of hydrogen-bond donors (Lipinski definition) is 1. The van der Waals surface area contributed by atoms with E-state index in [0.717, 1.165) is 5.56 Å². The molecule has 0 radical (unpaired) electrons. The molecule has 120 valence electrons. The van der Waals surface area contributed by atoms with Crippen molar-refractivity contribution in [1.29, 1.82) is 5.26 Å². The zero-order valence-electron chi connectivity index (χ0n) is 13.2. The molecule has 3 rings (SSSR count). The van der Waals surface area contributed by atoms with Gasteiger partial charge >= 0.3 is 0 Å². The van der Waals surface area contributed by atoms with E-state index in [9.17, 15) is 5.26 Å². The number of rotatable bonds is 4. The van der Waals surface area contributed by atoms with Crippen molar-refractivity contribution in [2.24, 2.45) is 0 Å². The molecule has 0 aliphatic heterocycles. The number of nitrogens with two attached hydrogens (primary N) is 1. The predicted octanol–water partition coefficient (Wildman–Crippen LogP) is 4.74. The van der Waals surface area contributed by atoms with Crippen LogP contribution in [-0.4, -0.2) is 4.57 Å². The fourth-order valence-corrected chi connectivity index (χ4v) is 2.60. The number of anilines is 1. The number of aromatic nitrogens is 1. The number of hydrogen-bond acceptors (Lipinski definition) is 3. The number of nitrogen functional groups attached to an aromatic ring is 1. The van der Waals surface area contributed by atoms with E-state index in [-0.39, 0.29) is 0 Å². The van der Waals surface area contributed by atoms with E-state index in [1.807, 2.05) is 43.3 Å². The SMILES string of the molecule is Cc1ccc(Cn2c(C#N)cc(N)c2Oc2ccccc2Cl)cc1. The predicted molar refractivity (Wildman–Crippen MR) is 95.4 cm³/mol. The number of para-hydroxylation sites is 1. The van der Waals surface area contributed by atoms with Gasteiger partial charge in [-0.05, 0) is 24.6 Å². The quantitative estimate of drug-likeness (QED) is 0.747. The molecule has 2 aromatic carbocycles. The summed E-state index contributed by atoms with van der Waals surface area (Å²) in [6.07, 6.45) is 0. The first-order chi connectivity index (χ1) is 11.6. The number of ether oxygens (including phenoxy) is 1. The molecule has 0 unspecified atom stereocenters. The van der Waals surface area contributed by atoms with Gasteiger partial charge in [0.1, 0.15) is 17.5 Å². The van der Waals surface area contributed by atoms with Crippen LogP contribution in [0.1, 0.15) is 16.8 Å². The second-order valence-electron chi connectivity index (χ2n) is 5.51. The van der Waals surface area contributed by atoms with Crippen molar-refractivity contribution in [3.63, 3.8) is 0 Å². The van der Waals surface area contributed by atoms with E-state index >= 15 is 0 Å². The van der Waals surface area contributed by atoms with Gasteiger partial charge in [0.25, 0.3) is 0 Å². The molecule has 0 aliphatic rings. The van der Waals surface area contributed by atoms with Crippen LogP contribution in [0.5, 0.6) is 11.6 Å². The van der Waals surface area contributed by atoms with Crippen LogP contribution >= 0.6 is 11.6 Å². The monoisotopic (exact) mass is 337 g/mol. The Morgan fingerprint density at radius 2 is 1.88 bits per heavy atom. The van der Waals surface area contributed by atoms with Crippen molar-refractivity contribution < 1.29 is 4.74 Å². The third-order valence-corrected chi connectivity index (χ3v) is 4.01. The number of benzene rings is 2. The lowest BCUT2D eigenvalue weighted by Crippen LogP contribution is -2.05. The van der Waals surface area contributed by atoms with E-state index in [2.05, 4.69) is 6.07 Å². The molecule has 0 saturated carbocycles. The largest absolute Gasteiger partial charge is 0.437 e. The van der Waals surface area contributed by atoms with Crippen LogP contribution in [0.3, 0.4) is 0 Å². The number of aryl methyl sites for hydroxylation is 1. The lowest BCUT2D eigenvalue weighted by Gasteiger charge is -2.13.